The highest BCUT2D eigenvalue weighted by atomic mass is 35.5. The van der Waals surface area contributed by atoms with Gasteiger partial charge in [0.1, 0.15) is 5.69 Å². The third-order valence-corrected chi connectivity index (χ3v) is 7.05. The Morgan fingerprint density at radius 3 is 2.55 bits per heavy atom. The van der Waals surface area contributed by atoms with Crippen molar-refractivity contribution in [3.63, 3.8) is 0 Å². The number of hydrogen-bond donors (Lipinski definition) is 2. The largest absolute Gasteiger partial charge is 0.416 e. The van der Waals surface area contributed by atoms with Crippen molar-refractivity contribution in [1.82, 2.24) is 24.4 Å². The Morgan fingerprint density at radius 1 is 1.05 bits per heavy atom. The Morgan fingerprint density at radius 2 is 1.81 bits per heavy atom. The second-order valence-electron chi connectivity index (χ2n) is 9.88. The van der Waals surface area contributed by atoms with Gasteiger partial charge in [0.05, 0.1) is 18.4 Å². The normalized spacial score (nSPS) is 14.2. The summed E-state index contributed by atoms with van der Waals surface area (Å²) in [5, 5.41) is 15.9. The minimum atomic E-state index is -4.58. The zero-order valence-corrected chi connectivity index (χ0v) is 23.7. The summed E-state index contributed by atoms with van der Waals surface area (Å²) in [5.41, 5.74) is 2.41. The van der Waals surface area contributed by atoms with Gasteiger partial charge in [-0.1, -0.05) is 18.1 Å². The number of aliphatic hydroxyl groups is 1. The number of nitrogens with zero attached hydrogens (tertiary/aromatic N) is 5. The molecule has 1 amide bonds. The van der Waals surface area contributed by atoms with Crippen molar-refractivity contribution in [2.75, 3.05) is 44.6 Å². The third-order valence-electron chi connectivity index (χ3n) is 7.05. The molecule has 3 heterocycles. The average molecular weight is 599 g/mol. The lowest BCUT2D eigenvalue weighted by atomic mass is 10.0. The van der Waals surface area contributed by atoms with Crippen LogP contribution in [0.4, 0.5) is 18.9 Å². The quantitative estimate of drug-likeness (QED) is 0.323. The number of rotatable bonds is 6. The number of alkyl halides is 3. The molecule has 0 radical (unpaired) electrons. The molecule has 2 aromatic carbocycles. The van der Waals surface area contributed by atoms with E-state index in [-0.39, 0.29) is 42.4 Å². The molecule has 2 aromatic heterocycles. The van der Waals surface area contributed by atoms with E-state index in [4.69, 9.17) is 5.11 Å². The number of halogens is 4. The Hall–Kier alpha value is -3.95. The van der Waals surface area contributed by atoms with Crippen LogP contribution in [0.3, 0.4) is 0 Å². The molecular formula is C30H30ClF3N6O2. The number of anilines is 1. The fourth-order valence-electron chi connectivity index (χ4n) is 4.76. The third kappa shape index (κ3) is 7.27. The highest BCUT2D eigenvalue weighted by Gasteiger charge is 2.34. The first-order valence-electron chi connectivity index (χ1n) is 13.2. The van der Waals surface area contributed by atoms with Crippen molar-refractivity contribution in [1.29, 1.82) is 0 Å². The average Bonchev–Trinajstić information content (AvgIpc) is 3.37. The van der Waals surface area contributed by atoms with Gasteiger partial charge in [-0.15, -0.1) is 12.4 Å². The van der Waals surface area contributed by atoms with Gasteiger partial charge in [-0.2, -0.15) is 18.3 Å². The van der Waals surface area contributed by atoms with Crippen LogP contribution in [0, 0.1) is 18.8 Å². The van der Waals surface area contributed by atoms with Crippen LogP contribution in [0.2, 0.25) is 0 Å². The molecule has 220 valence electrons. The summed E-state index contributed by atoms with van der Waals surface area (Å²) in [6, 6.07) is 12.5. The lowest BCUT2D eigenvalue weighted by Gasteiger charge is -2.34. The number of aromatic nitrogens is 3. The first kappa shape index (κ1) is 31.0. The predicted octanol–water partition coefficient (Wildman–Crippen LogP) is 4.24. The molecule has 0 unspecified atom stereocenters. The van der Waals surface area contributed by atoms with Gasteiger partial charge in [0.15, 0.2) is 5.65 Å². The lowest BCUT2D eigenvalue weighted by molar-refractivity contribution is -0.138. The second kappa shape index (κ2) is 13.4. The van der Waals surface area contributed by atoms with E-state index >= 15 is 0 Å². The Balaban J connectivity index is 0.00000405. The molecule has 8 nitrogen and oxygen atoms in total. The number of imidazole rings is 1. The van der Waals surface area contributed by atoms with Crippen LogP contribution in [0.25, 0.3) is 5.65 Å². The van der Waals surface area contributed by atoms with Gasteiger partial charge < -0.3 is 10.4 Å². The molecular weight excluding hydrogens is 569 g/mol. The Kier molecular flexibility index (Phi) is 9.85. The molecule has 12 heteroatoms. The van der Waals surface area contributed by atoms with Crippen LogP contribution in [-0.2, 0) is 12.7 Å². The molecule has 4 aromatic rings. The lowest BCUT2D eigenvalue weighted by Crippen LogP contribution is -2.46. The maximum atomic E-state index is 14.0. The number of piperazine rings is 1. The van der Waals surface area contributed by atoms with E-state index in [0.29, 0.717) is 49.6 Å². The second-order valence-corrected chi connectivity index (χ2v) is 9.88. The molecule has 0 spiro atoms. The number of aryl methyl sites for hydroxylation is 1. The number of hydrogen-bond acceptors (Lipinski definition) is 6. The number of β-amino-alcohol motifs (C(OH)–C–C–N with tert-alkyl or cyclic N) is 1. The SMILES string of the molecule is Cc1ccc(C(=O)Nc2ccc(CN3CCN(CCO)CC3)c(C(F)(F)F)c2)cc1C#Cc1cnc2cccnn12.Cl. The first-order valence-corrected chi connectivity index (χ1v) is 13.2. The van der Waals surface area contributed by atoms with E-state index in [9.17, 15) is 18.0 Å². The van der Waals surface area contributed by atoms with Crippen molar-refractivity contribution >= 4 is 29.6 Å². The van der Waals surface area contributed by atoms with E-state index in [1.54, 1.807) is 41.2 Å². The van der Waals surface area contributed by atoms with Gasteiger partial charge in [0.25, 0.3) is 5.91 Å². The zero-order valence-electron chi connectivity index (χ0n) is 22.9. The molecule has 0 bridgehead atoms. The van der Waals surface area contributed by atoms with Gasteiger partial charge in [-0.05, 0) is 60.4 Å². The van der Waals surface area contributed by atoms with E-state index in [1.165, 1.54) is 12.1 Å². The standard InChI is InChI=1S/C30H29F3N6O2.ClH/c1-21-4-5-23(17-22(21)7-9-26-19-34-28-3-2-10-35-39(26)28)29(41)36-25-8-6-24(27(18-25)30(31,32)33)20-38-13-11-37(12-14-38)15-16-40;/h2-6,8,10,17-19,40H,11-16,20H2,1H3,(H,36,41);1H. The summed E-state index contributed by atoms with van der Waals surface area (Å²) in [4.78, 5) is 21.3. The Labute approximate surface area is 247 Å². The minimum Gasteiger partial charge on any atom is -0.395 e. The van der Waals surface area contributed by atoms with E-state index in [2.05, 4.69) is 32.1 Å². The van der Waals surface area contributed by atoms with Gasteiger partial charge in [-0.25, -0.2) is 9.50 Å². The van der Waals surface area contributed by atoms with E-state index in [1.807, 2.05) is 17.9 Å². The number of benzene rings is 2. The van der Waals surface area contributed by atoms with Crippen LogP contribution in [0.1, 0.15) is 38.3 Å². The highest BCUT2D eigenvalue weighted by molar-refractivity contribution is 6.04. The highest BCUT2D eigenvalue weighted by Crippen LogP contribution is 2.34. The molecule has 1 aliphatic rings. The number of carbonyl (C=O) groups excluding carboxylic acids is 1. The molecule has 0 saturated carbocycles. The van der Waals surface area contributed by atoms with E-state index < -0.39 is 17.6 Å². The molecule has 2 N–H and O–H groups in total. The summed E-state index contributed by atoms with van der Waals surface area (Å²) < 4.78 is 43.6. The van der Waals surface area contributed by atoms with Gasteiger partial charge in [-0.3, -0.25) is 14.6 Å². The van der Waals surface area contributed by atoms with Gasteiger partial charge in [0.2, 0.25) is 0 Å². The number of carbonyl (C=O) groups is 1. The fourth-order valence-corrected chi connectivity index (χ4v) is 4.76. The topological polar surface area (TPSA) is 86.0 Å². The maximum absolute atomic E-state index is 14.0. The van der Waals surface area contributed by atoms with Crippen molar-refractivity contribution in [3.8, 4) is 11.8 Å². The molecule has 42 heavy (non-hydrogen) atoms. The van der Waals surface area contributed by atoms with Crippen LogP contribution in [0.5, 0.6) is 0 Å². The fraction of sp³-hybridized carbons (Fsp3) is 0.300. The van der Waals surface area contributed by atoms with Crippen molar-refractivity contribution in [2.45, 2.75) is 19.6 Å². The summed E-state index contributed by atoms with van der Waals surface area (Å²) in [6.07, 6.45) is -1.33. The molecule has 5 rings (SSSR count). The van der Waals surface area contributed by atoms with Crippen molar-refractivity contribution < 1.29 is 23.1 Å². The number of aliphatic hydroxyl groups excluding tert-OH is 1. The first-order chi connectivity index (χ1) is 19.7. The summed E-state index contributed by atoms with van der Waals surface area (Å²) in [7, 11) is 0. The van der Waals surface area contributed by atoms with Gasteiger partial charge in [0, 0.05) is 62.3 Å². The monoisotopic (exact) mass is 598 g/mol. The summed E-state index contributed by atoms with van der Waals surface area (Å²) in [5.74, 6) is 5.54. The van der Waals surface area contributed by atoms with Crippen LogP contribution < -0.4 is 5.32 Å². The smallest absolute Gasteiger partial charge is 0.395 e. The van der Waals surface area contributed by atoms with Crippen LogP contribution in [-0.4, -0.2) is 74.7 Å². The number of amides is 1. The molecule has 1 aliphatic heterocycles. The molecule has 0 aliphatic carbocycles. The molecule has 0 atom stereocenters. The van der Waals surface area contributed by atoms with Gasteiger partial charge >= 0.3 is 6.18 Å². The van der Waals surface area contributed by atoms with Crippen molar-refractivity contribution in [2.24, 2.45) is 0 Å². The van der Waals surface area contributed by atoms with Crippen LogP contribution >= 0.6 is 12.4 Å². The summed E-state index contributed by atoms with van der Waals surface area (Å²) >= 11 is 0. The van der Waals surface area contributed by atoms with Crippen LogP contribution in [0.15, 0.2) is 60.9 Å². The molecule has 1 saturated heterocycles. The van der Waals surface area contributed by atoms with E-state index in [0.717, 1.165) is 11.6 Å². The number of fused-ring (bicyclic) bond motifs is 1. The minimum absolute atomic E-state index is 0. The Bertz CT molecular complexity index is 1620. The zero-order chi connectivity index (χ0) is 29.0. The summed E-state index contributed by atoms with van der Waals surface area (Å²) in [6.45, 7) is 5.24. The predicted molar refractivity (Wildman–Crippen MR) is 156 cm³/mol. The number of nitrogens with one attached hydrogen (secondary N) is 1. The van der Waals surface area contributed by atoms with Crippen molar-refractivity contribution in [3.05, 3.63) is 94.4 Å². The maximum Gasteiger partial charge on any atom is 0.416 e. The molecule has 1 fully saturated rings.